The normalized spacial score (nSPS) is 19.3. The highest BCUT2D eigenvalue weighted by Crippen LogP contribution is 2.23. The van der Waals surface area contributed by atoms with Crippen LogP contribution < -0.4 is 5.32 Å². The summed E-state index contributed by atoms with van der Waals surface area (Å²) < 4.78 is 25.8. The summed E-state index contributed by atoms with van der Waals surface area (Å²) in [6, 6.07) is 7.07. The molecule has 0 radical (unpaired) electrons. The number of nitrogens with zero attached hydrogens (tertiary/aromatic N) is 1. The molecule has 0 saturated carbocycles. The van der Waals surface area contributed by atoms with Gasteiger partial charge in [-0.15, -0.1) is 0 Å². The van der Waals surface area contributed by atoms with Crippen molar-refractivity contribution in [3.05, 3.63) is 29.8 Å². The number of hydrogen-bond donors (Lipinski definition) is 1. The number of carbonyl (C=O) groups excluding carboxylic acids is 1. The molecule has 22 heavy (non-hydrogen) atoms. The summed E-state index contributed by atoms with van der Waals surface area (Å²) in [5, 5.41) is 2.83. The Kier molecular flexibility index (Phi) is 5.58. The van der Waals surface area contributed by atoms with Crippen molar-refractivity contribution in [3.63, 3.8) is 0 Å². The lowest BCUT2D eigenvalue weighted by Gasteiger charge is -2.23. The Hall–Kier alpha value is -1.40. The molecule has 1 fully saturated rings. The lowest BCUT2D eigenvalue weighted by Crippen LogP contribution is -2.44. The highest BCUT2D eigenvalue weighted by Gasteiger charge is 2.37. The molecule has 1 heterocycles. The van der Waals surface area contributed by atoms with Crippen LogP contribution in [-0.4, -0.2) is 37.0 Å². The molecule has 1 aromatic carbocycles. The van der Waals surface area contributed by atoms with Gasteiger partial charge in [-0.25, -0.2) is 8.42 Å². The Balaban J connectivity index is 2.07. The van der Waals surface area contributed by atoms with E-state index in [2.05, 4.69) is 12.2 Å². The standard InChI is InChI=1S/C16H24N2O3S/c1-3-12-22(20,21)18-11-5-6-15(18)16(19)17-14-9-7-13(4-2)8-10-14/h7-10,15H,3-6,11-12H2,1-2H3,(H,17,19)/t15-/m0/s1. The summed E-state index contributed by atoms with van der Waals surface area (Å²) in [5.74, 6) is -0.136. The minimum absolute atomic E-state index is 0.0992. The number of rotatable bonds is 6. The van der Waals surface area contributed by atoms with Crippen molar-refractivity contribution in [2.45, 2.75) is 45.6 Å². The molecule has 6 heteroatoms. The summed E-state index contributed by atoms with van der Waals surface area (Å²) >= 11 is 0. The first-order valence-electron chi connectivity index (χ1n) is 7.87. The van der Waals surface area contributed by atoms with Gasteiger partial charge in [0, 0.05) is 12.2 Å². The molecule has 2 rings (SSSR count). The summed E-state index contributed by atoms with van der Waals surface area (Å²) in [7, 11) is -3.33. The second-order valence-electron chi connectivity index (χ2n) is 5.62. The minimum atomic E-state index is -3.33. The van der Waals surface area contributed by atoms with Gasteiger partial charge in [-0.2, -0.15) is 4.31 Å². The number of hydrogen-bond acceptors (Lipinski definition) is 3. The maximum atomic E-state index is 12.4. The van der Waals surface area contributed by atoms with Crippen LogP contribution in [0.15, 0.2) is 24.3 Å². The van der Waals surface area contributed by atoms with Crippen LogP contribution in [0.4, 0.5) is 5.69 Å². The number of nitrogens with one attached hydrogen (secondary N) is 1. The van der Waals surface area contributed by atoms with Gasteiger partial charge in [0.1, 0.15) is 6.04 Å². The second kappa shape index (κ2) is 7.24. The van der Waals surface area contributed by atoms with Crippen molar-refractivity contribution in [1.82, 2.24) is 4.31 Å². The molecule has 5 nitrogen and oxygen atoms in total. The van der Waals surface area contributed by atoms with Gasteiger partial charge in [-0.3, -0.25) is 4.79 Å². The molecule has 1 amide bonds. The molecule has 0 aromatic heterocycles. The number of carbonyl (C=O) groups is 1. The van der Waals surface area contributed by atoms with Gasteiger partial charge in [-0.1, -0.05) is 26.0 Å². The van der Waals surface area contributed by atoms with Crippen molar-refractivity contribution in [3.8, 4) is 0 Å². The first-order chi connectivity index (χ1) is 10.5. The van der Waals surface area contributed by atoms with Gasteiger partial charge >= 0.3 is 0 Å². The first kappa shape index (κ1) is 17.0. The number of aryl methyl sites for hydroxylation is 1. The van der Waals surface area contributed by atoms with Crippen molar-refractivity contribution >= 4 is 21.6 Å². The third-order valence-electron chi connectivity index (χ3n) is 3.96. The fourth-order valence-electron chi connectivity index (χ4n) is 2.76. The monoisotopic (exact) mass is 324 g/mol. The molecule has 0 spiro atoms. The Morgan fingerprint density at radius 1 is 1.27 bits per heavy atom. The van der Waals surface area contributed by atoms with E-state index in [9.17, 15) is 13.2 Å². The largest absolute Gasteiger partial charge is 0.325 e. The Bertz CT molecular complexity index is 611. The number of benzene rings is 1. The van der Waals surface area contributed by atoms with Gasteiger partial charge in [-0.05, 0) is 43.4 Å². The van der Waals surface area contributed by atoms with Crippen LogP contribution >= 0.6 is 0 Å². The highest BCUT2D eigenvalue weighted by molar-refractivity contribution is 7.89. The summed E-state index contributed by atoms with van der Waals surface area (Å²) in [6.07, 6.45) is 2.82. The van der Waals surface area contributed by atoms with E-state index in [0.717, 1.165) is 12.8 Å². The highest BCUT2D eigenvalue weighted by atomic mass is 32.2. The molecule has 122 valence electrons. The lowest BCUT2D eigenvalue weighted by molar-refractivity contribution is -0.119. The zero-order valence-corrected chi connectivity index (χ0v) is 14.0. The smallest absolute Gasteiger partial charge is 0.242 e. The fourth-order valence-corrected chi connectivity index (χ4v) is 4.51. The topological polar surface area (TPSA) is 66.5 Å². The van der Waals surface area contributed by atoms with E-state index in [0.29, 0.717) is 25.1 Å². The maximum absolute atomic E-state index is 12.4. The van der Waals surface area contributed by atoms with Crippen molar-refractivity contribution in [2.75, 3.05) is 17.6 Å². The Morgan fingerprint density at radius 3 is 2.55 bits per heavy atom. The average molecular weight is 324 g/mol. The maximum Gasteiger partial charge on any atom is 0.242 e. The lowest BCUT2D eigenvalue weighted by atomic mass is 10.1. The molecule has 1 aromatic rings. The van der Waals surface area contributed by atoms with E-state index >= 15 is 0 Å². The summed E-state index contributed by atoms with van der Waals surface area (Å²) in [6.45, 7) is 4.34. The third kappa shape index (κ3) is 3.87. The molecule has 1 aliphatic rings. The molecule has 0 bridgehead atoms. The first-order valence-corrected chi connectivity index (χ1v) is 9.48. The van der Waals surface area contributed by atoms with Gasteiger partial charge in [0.25, 0.3) is 0 Å². The molecule has 0 unspecified atom stereocenters. The van der Waals surface area contributed by atoms with Gasteiger partial charge in [0.05, 0.1) is 5.75 Å². The zero-order valence-electron chi connectivity index (χ0n) is 13.2. The number of sulfonamides is 1. The number of anilines is 1. The predicted octanol–water partition coefficient (Wildman–Crippen LogP) is 2.39. The number of amides is 1. The van der Waals surface area contributed by atoms with E-state index < -0.39 is 16.1 Å². The van der Waals surface area contributed by atoms with Crippen molar-refractivity contribution < 1.29 is 13.2 Å². The SMILES string of the molecule is CCCS(=O)(=O)N1CCC[C@H]1C(=O)Nc1ccc(CC)cc1. The molecule has 1 atom stereocenters. The fraction of sp³-hybridized carbons (Fsp3) is 0.562. The van der Waals surface area contributed by atoms with Crippen LogP contribution in [0.2, 0.25) is 0 Å². The van der Waals surface area contributed by atoms with Gasteiger partial charge < -0.3 is 5.32 Å². The van der Waals surface area contributed by atoms with Crippen LogP contribution in [0.1, 0.15) is 38.7 Å². The zero-order chi connectivity index (χ0) is 16.2. The molecular weight excluding hydrogens is 300 g/mol. The molecule has 0 aliphatic carbocycles. The summed E-state index contributed by atoms with van der Waals surface area (Å²) in [5.41, 5.74) is 1.91. The molecule has 1 saturated heterocycles. The van der Waals surface area contributed by atoms with E-state index in [1.54, 1.807) is 0 Å². The third-order valence-corrected chi connectivity index (χ3v) is 6.03. The van der Waals surface area contributed by atoms with E-state index in [1.165, 1.54) is 9.87 Å². The Morgan fingerprint density at radius 2 is 1.95 bits per heavy atom. The van der Waals surface area contributed by atoms with Crippen molar-refractivity contribution in [2.24, 2.45) is 0 Å². The van der Waals surface area contributed by atoms with Crippen LogP contribution in [0.3, 0.4) is 0 Å². The summed E-state index contributed by atoms with van der Waals surface area (Å²) in [4.78, 5) is 12.4. The van der Waals surface area contributed by atoms with Crippen LogP contribution in [0.5, 0.6) is 0 Å². The van der Waals surface area contributed by atoms with Crippen molar-refractivity contribution in [1.29, 1.82) is 0 Å². The van der Waals surface area contributed by atoms with Crippen LogP contribution in [0.25, 0.3) is 0 Å². The predicted molar refractivity (Wildman–Crippen MR) is 88.3 cm³/mol. The van der Waals surface area contributed by atoms with Gasteiger partial charge in [0.2, 0.25) is 15.9 Å². The van der Waals surface area contributed by atoms with E-state index in [4.69, 9.17) is 0 Å². The molecular formula is C16H24N2O3S. The average Bonchev–Trinajstić information content (AvgIpc) is 2.98. The van der Waals surface area contributed by atoms with Crippen LogP contribution in [0, 0.1) is 0 Å². The van der Waals surface area contributed by atoms with Gasteiger partial charge in [0.15, 0.2) is 0 Å². The van der Waals surface area contributed by atoms with E-state index in [-0.39, 0.29) is 11.7 Å². The molecule has 1 aliphatic heterocycles. The van der Waals surface area contributed by atoms with E-state index in [1.807, 2.05) is 31.2 Å². The van der Waals surface area contributed by atoms with Crippen LogP contribution in [-0.2, 0) is 21.2 Å². The molecule has 1 N–H and O–H groups in total. The quantitative estimate of drug-likeness (QED) is 0.874. The Labute approximate surface area is 132 Å². The minimum Gasteiger partial charge on any atom is -0.325 e. The second-order valence-corrected chi connectivity index (χ2v) is 7.67.